The van der Waals surface area contributed by atoms with E-state index in [0.29, 0.717) is 0 Å². The van der Waals surface area contributed by atoms with Gasteiger partial charge in [-0.1, -0.05) is 172 Å². The van der Waals surface area contributed by atoms with Gasteiger partial charge in [-0.05, 0) is 127 Å². The molecule has 0 amide bonds. The molecule has 0 saturated heterocycles. The predicted molar refractivity (Wildman–Crippen MR) is 233 cm³/mol. The SMILES string of the molecule is CC(C)(C)c1cc(-c2ccc(N(c3ccc(-c4ccc(C5CCCCC5)cc4)cc3)c3ccc4c(c3)C(C)(C)c3ccccc3-4)cc2)cc(C(C)(C)C)c1. The molecule has 0 bridgehead atoms. The molecule has 0 atom stereocenters. The summed E-state index contributed by atoms with van der Waals surface area (Å²) >= 11 is 0. The summed E-state index contributed by atoms with van der Waals surface area (Å²) < 4.78 is 0. The number of hydrogen-bond donors (Lipinski definition) is 0. The maximum atomic E-state index is 2.44. The molecule has 0 unspecified atom stereocenters. The van der Waals surface area contributed by atoms with Crippen molar-refractivity contribution in [3.05, 3.63) is 161 Å². The van der Waals surface area contributed by atoms with Crippen LogP contribution >= 0.6 is 0 Å². The van der Waals surface area contributed by atoms with Gasteiger partial charge < -0.3 is 4.90 Å². The second-order valence-corrected chi connectivity index (χ2v) is 18.6. The quantitative estimate of drug-likeness (QED) is 0.167. The molecule has 2 aliphatic carbocycles. The number of anilines is 3. The Hall–Kier alpha value is -4.88. The van der Waals surface area contributed by atoms with E-state index in [0.717, 1.165) is 17.3 Å². The third-order valence-corrected chi connectivity index (χ3v) is 12.4. The molecule has 0 heterocycles. The van der Waals surface area contributed by atoms with Crippen LogP contribution in [0.15, 0.2) is 133 Å². The van der Waals surface area contributed by atoms with Crippen molar-refractivity contribution in [2.75, 3.05) is 4.90 Å². The second kappa shape index (κ2) is 13.8. The van der Waals surface area contributed by atoms with Crippen LogP contribution in [0.3, 0.4) is 0 Å². The van der Waals surface area contributed by atoms with Gasteiger partial charge in [-0.25, -0.2) is 0 Å². The van der Waals surface area contributed by atoms with Gasteiger partial charge in [0, 0.05) is 22.5 Å². The lowest BCUT2D eigenvalue weighted by atomic mass is 9.79. The molecule has 274 valence electrons. The summed E-state index contributed by atoms with van der Waals surface area (Å²) in [6.07, 6.45) is 6.79. The molecule has 1 fully saturated rings. The van der Waals surface area contributed by atoms with Crippen molar-refractivity contribution in [2.24, 2.45) is 0 Å². The van der Waals surface area contributed by atoms with Crippen LogP contribution in [-0.4, -0.2) is 0 Å². The fourth-order valence-corrected chi connectivity index (χ4v) is 8.93. The van der Waals surface area contributed by atoms with Crippen LogP contribution in [0.5, 0.6) is 0 Å². The maximum absolute atomic E-state index is 2.44. The van der Waals surface area contributed by atoms with Crippen LogP contribution in [0, 0.1) is 0 Å². The number of benzene rings is 6. The summed E-state index contributed by atoms with van der Waals surface area (Å²) in [5.41, 5.74) is 18.3. The van der Waals surface area contributed by atoms with Crippen LogP contribution in [0.2, 0.25) is 0 Å². The Morgan fingerprint density at radius 1 is 0.463 bits per heavy atom. The zero-order chi connectivity index (χ0) is 37.8. The standard InChI is InChI=1S/C53H57N/c1-51(2,3)42-32-41(33-43(34-42)52(4,5)6)40-24-28-45(29-25-40)54(46-30-31-48-47-16-12-13-17-49(47)53(7,8)50(48)35-46)44-26-22-39(23-27-44)38-20-18-37(19-21-38)36-14-10-9-11-15-36/h12-13,16-36H,9-11,14-15H2,1-8H3. The summed E-state index contributed by atoms with van der Waals surface area (Å²) in [6, 6.07) is 51.0. The third kappa shape index (κ3) is 6.83. The Labute approximate surface area is 325 Å². The molecule has 1 saturated carbocycles. The van der Waals surface area contributed by atoms with E-state index >= 15 is 0 Å². The van der Waals surface area contributed by atoms with E-state index in [9.17, 15) is 0 Å². The molecule has 1 nitrogen and oxygen atoms in total. The molecule has 6 aromatic rings. The van der Waals surface area contributed by atoms with E-state index in [2.05, 4.69) is 194 Å². The lowest BCUT2D eigenvalue weighted by Crippen LogP contribution is -2.16. The Morgan fingerprint density at radius 2 is 0.944 bits per heavy atom. The molecule has 2 aliphatic rings. The van der Waals surface area contributed by atoms with Crippen LogP contribution in [0.4, 0.5) is 17.1 Å². The number of rotatable bonds is 6. The summed E-state index contributed by atoms with van der Waals surface area (Å²) in [4.78, 5) is 2.44. The van der Waals surface area contributed by atoms with E-state index in [-0.39, 0.29) is 16.2 Å². The Bertz CT molecular complexity index is 2230. The van der Waals surface area contributed by atoms with E-state index in [1.807, 2.05) is 0 Å². The first-order valence-corrected chi connectivity index (χ1v) is 20.3. The highest BCUT2D eigenvalue weighted by molar-refractivity contribution is 5.86. The van der Waals surface area contributed by atoms with Gasteiger partial charge in [-0.3, -0.25) is 0 Å². The predicted octanol–water partition coefficient (Wildman–Crippen LogP) is 15.4. The van der Waals surface area contributed by atoms with Crippen molar-refractivity contribution in [3.8, 4) is 33.4 Å². The minimum atomic E-state index is -0.0755. The molecular formula is C53H57N. The Kier molecular flexibility index (Phi) is 9.20. The monoisotopic (exact) mass is 707 g/mol. The molecule has 0 aliphatic heterocycles. The molecule has 8 rings (SSSR count). The zero-order valence-corrected chi connectivity index (χ0v) is 33.8. The van der Waals surface area contributed by atoms with Crippen molar-refractivity contribution < 1.29 is 0 Å². The molecule has 0 aromatic heterocycles. The van der Waals surface area contributed by atoms with E-state index in [1.165, 1.54) is 99.0 Å². The van der Waals surface area contributed by atoms with Gasteiger partial charge in [0.1, 0.15) is 0 Å². The highest BCUT2D eigenvalue weighted by atomic mass is 15.1. The average molecular weight is 708 g/mol. The molecular weight excluding hydrogens is 651 g/mol. The summed E-state index contributed by atoms with van der Waals surface area (Å²) in [5.74, 6) is 0.725. The molecule has 54 heavy (non-hydrogen) atoms. The van der Waals surface area contributed by atoms with Gasteiger partial charge in [0.2, 0.25) is 0 Å². The first-order valence-electron chi connectivity index (χ1n) is 20.3. The highest BCUT2D eigenvalue weighted by Crippen LogP contribution is 2.51. The normalized spacial score (nSPS) is 15.5. The highest BCUT2D eigenvalue weighted by Gasteiger charge is 2.35. The van der Waals surface area contributed by atoms with Gasteiger partial charge >= 0.3 is 0 Å². The van der Waals surface area contributed by atoms with E-state index in [1.54, 1.807) is 0 Å². The molecule has 0 radical (unpaired) electrons. The van der Waals surface area contributed by atoms with Gasteiger partial charge in [-0.15, -0.1) is 0 Å². The largest absolute Gasteiger partial charge is 0.310 e. The van der Waals surface area contributed by atoms with Crippen LogP contribution in [0.1, 0.15) is 121 Å². The zero-order valence-electron chi connectivity index (χ0n) is 33.8. The number of hydrogen-bond acceptors (Lipinski definition) is 1. The van der Waals surface area contributed by atoms with Gasteiger partial charge in [0.05, 0.1) is 0 Å². The van der Waals surface area contributed by atoms with Crippen molar-refractivity contribution in [1.82, 2.24) is 0 Å². The van der Waals surface area contributed by atoms with Gasteiger partial charge in [0.25, 0.3) is 0 Å². The first-order chi connectivity index (χ1) is 25.8. The summed E-state index contributed by atoms with van der Waals surface area (Å²) in [5, 5.41) is 0. The minimum absolute atomic E-state index is 0.0668. The maximum Gasteiger partial charge on any atom is 0.0465 e. The summed E-state index contributed by atoms with van der Waals surface area (Å²) in [7, 11) is 0. The lowest BCUT2D eigenvalue weighted by Gasteiger charge is -2.29. The first kappa shape index (κ1) is 36.1. The fraction of sp³-hybridized carbons (Fsp3) is 0.321. The Balaban J connectivity index is 1.18. The molecule has 1 heteroatoms. The second-order valence-electron chi connectivity index (χ2n) is 18.6. The van der Waals surface area contributed by atoms with Crippen LogP contribution in [0.25, 0.3) is 33.4 Å². The van der Waals surface area contributed by atoms with Crippen molar-refractivity contribution in [3.63, 3.8) is 0 Å². The number of fused-ring (bicyclic) bond motifs is 3. The van der Waals surface area contributed by atoms with Crippen molar-refractivity contribution >= 4 is 17.1 Å². The van der Waals surface area contributed by atoms with Crippen LogP contribution in [-0.2, 0) is 16.2 Å². The Morgan fingerprint density at radius 3 is 1.50 bits per heavy atom. The fourth-order valence-electron chi connectivity index (χ4n) is 8.93. The van der Waals surface area contributed by atoms with Crippen LogP contribution < -0.4 is 4.90 Å². The van der Waals surface area contributed by atoms with Crippen molar-refractivity contribution in [2.45, 2.75) is 110 Å². The van der Waals surface area contributed by atoms with E-state index < -0.39 is 0 Å². The van der Waals surface area contributed by atoms with Crippen molar-refractivity contribution in [1.29, 1.82) is 0 Å². The molecule has 6 aromatic carbocycles. The number of nitrogens with zero attached hydrogens (tertiary/aromatic N) is 1. The van der Waals surface area contributed by atoms with E-state index in [4.69, 9.17) is 0 Å². The van der Waals surface area contributed by atoms with Gasteiger partial charge in [-0.2, -0.15) is 0 Å². The average Bonchev–Trinajstić information content (AvgIpc) is 3.40. The van der Waals surface area contributed by atoms with Gasteiger partial charge in [0.15, 0.2) is 0 Å². The smallest absolute Gasteiger partial charge is 0.0465 e. The summed E-state index contributed by atoms with van der Waals surface area (Å²) in [6.45, 7) is 18.6. The molecule has 0 spiro atoms. The molecule has 0 N–H and O–H groups in total. The topological polar surface area (TPSA) is 3.24 Å². The lowest BCUT2D eigenvalue weighted by molar-refractivity contribution is 0.443. The third-order valence-electron chi connectivity index (χ3n) is 12.4. The minimum Gasteiger partial charge on any atom is -0.310 e.